The van der Waals surface area contributed by atoms with Crippen LogP contribution >= 0.6 is 0 Å². The zero-order valence-corrected chi connectivity index (χ0v) is 19.2. The highest BCUT2D eigenvalue weighted by atomic mass is 32.2. The summed E-state index contributed by atoms with van der Waals surface area (Å²) in [7, 11) is -7.60. The molecule has 1 unspecified atom stereocenters. The highest BCUT2D eigenvalue weighted by Gasteiger charge is 2.42. The Hall–Kier alpha value is -2.23. The van der Waals surface area contributed by atoms with E-state index in [1.54, 1.807) is 54.3 Å². The number of sulfonamides is 2. The largest absolute Gasteiger partial charge is 0.341 e. The molecule has 1 fully saturated rings. The van der Waals surface area contributed by atoms with Gasteiger partial charge < -0.3 is 4.90 Å². The minimum absolute atomic E-state index is 0.0711. The van der Waals surface area contributed by atoms with Gasteiger partial charge in [-0.1, -0.05) is 49.7 Å². The molecule has 1 aliphatic heterocycles. The molecule has 30 heavy (non-hydrogen) atoms. The van der Waals surface area contributed by atoms with Gasteiger partial charge in [-0.05, 0) is 44.0 Å². The fraction of sp³-hybridized carbons (Fsp3) is 0.381. The third-order valence-corrected chi connectivity index (χ3v) is 8.36. The van der Waals surface area contributed by atoms with E-state index in [2.05, 4.69) is 4.40 Å². The molecule has 0 radical (unpaired) electrons. The summed E-state index contributed by atoms with van der Waals surface area (Å²) < 4.78 is 57.3. The van der Waals surface area contributed by atoms with Gasteiger partial charge in [-0.25, -0.2) is 8.42 Å². The molecule has 1 saturated heterocycles. The normalized spacial score (nSPS) is 18.9. The van der Waals surface area contributed by atoms with E-state index in [-0.39, 0.29) is 28.1 Å². The van der Waals surface area contributed by atoms with E-state index in [4.69, 9.17) is 0 Å². The predicted octanol–water partition coefficient (Wildman–Crippen LogP) is 3.09. The lowest BCUT2D eigenvalue weighted by Crippen LogP contribution is -2.47. The van der Waals surface area contributed by atoms with Gasteiger partial charge in [0.1, 0.15) is 5.84 Å². The number of amidine groups is 1. The van der Waals surface area contributed by atoms with Crippen LogP contribution in [0.3, 0.4) is 0 Å². The Balaban J connectivity index is 1.94. The van der Waals surface area contributed by atoms with E-state index in [1.807, 2.05) is 20.8 Å². The lowest BCUT2D eigenvalue weighted by Gasteiger charge is -2.33. The minimum Gasteiger partial charge on any atom is -0.341 e. The Morgan fingerprint density at radius 3 is 2.10 bits per heavy atom. The quantitative estimate of drug-likeness (QED) is 0.517. The van der Waals surface area contributed by atoms with Crippen molar-refractivity contribution in [2.75, 3.05) is 13.1 Å². The van der Waals surface area contributed by atoms with Crippen molar-refractivity contribution < 1.29 is 16.8 Å². The SMILES string of the molecule is C/C(=N/S(=O)(=O)c1ccc(C)cc1)N1CCN(S(=O)(=O)c2ccccc2)C1C(C)C. The van der Waals surface area contributed by atoms with Crippen molar-refractivity contribution in [3.8, 4) is 0 Å². The standard InChI is InChI=1S/C21H27N3O4S2/c1-16(2)21-23(14-15-24(21)30(27,28)20-8-6-5-7-9-20)18(4)22-29(25,26)19-12-10-17(3)11-13-19/h5-13,16,21H,14-15H2,1-4H3/b22-18-. The van der Waals surface area contributed by atoms with Gasteiger partial charge in [0.15, 0.2) is 0 Å². The van der Waals surface area contributed by atoms with Gasteiger partial charge >= 0.3 is 0 Å². The molecule has 0 spiro atoms. The Morgan fingerprint density at radius 1 is 0.933 bits per heavy atom. The van der Waals surface area contributed by atoms with Crippen LogP contribution in [0.2, 0.25) is 0 Å². The number of nitrogens with zero attached hydrogens (tertiary/aromatic N) is 3. The second-order valence-corrected chi connectivity index (χ2v) is 11.2. The van der Waals surface area contributed by atoms with Gasteiger partial charge in [0.25, 0.3) is 10.0 Å². The number of hydrogen-bond acceptors (Lipinski definition) is 4. The molecule has 1 atom stereocenters. The zero-order valence-electron chi connectivity index (χ0n) is 17.6. The molecule has 0 saturated carbocycles. The van der Waals surface area contributed by atoms with Gasteiger partial charge in [-0.3, -0.25) is 0 Å². The number of aryl methyl sites for hydroxylation is 1. The first-order chi connectivity index (χ1) is 14.0. The lowest BCUT2D eigenvalue weighted by atomic mass is 10.1. The topological polar surface area (TPSA) is 87.1 Å². The molecule has 3 rings (SSSR count). The molecule has 9 heteroatoms. The fourth-order valence-corrected chi connectivity index (χ4v) is 6.43. The van der Waals surface area contributed by atoms with Crippen LogP contribution in [-0.4, -0.2) is 51.1 Å². The summed E-state index contributed by atoms with van der Waals surface area (Å²) >= 11 is 0. The predicted molar refractivity (Wildman–Crippen MR) is 117 cm³/mol. The van der Waals surface area contributed by atoms with Crippen molar-refractivity contribution in [1.82, 2.24) is 9.21 Å². The van der Waals surface area contributed by atoms with E-state index in [0.717, 1.165) is 5.56 Å². The van der Waals surface area contributed by atoms with E-state index in [9.17, 15) is 16.8 Å². The summed E-state index contributed by atoms with van der Waals surface area (Å²) in [5.41, 5.74) is 0.954. The van der Waals surface area contributed by atoms with Gasteiger partial charge in [-0.2, -0.15) is 12.7 Å². The fourth-order valence-electron chi connectivity index (χ4n) is 3.65. The summed E-state index contributed by atoms with van der Waals surface area (Å²) in [6, 6.07) is 14.8. The molecule has 1 heterocycles. The van der Waals surface area contributed by atoms with Crippen molar-refractivity contribution in [2.24, 2.45) is 10.3 Å². The summed E-state index contributed by atoms with van der Waals surface area (Å²) in [5.74, 6) is 0.207. The molecule has 0 aliphatic carbocycles. The van der Waals surface area contributed by atoms with Crippen molar-refractivity contribution >= 4 is 25.9 Å². The summed E-state index contributed by atoms with van der Waals surface area (Å²) in [6.07, 6.45) is -0.521. The molecule has 2 aromatic rings. The van der Waals surface area contributed by atoms with Crippen LogP contribution in [-0.2, 0) is 20.0 Å². The van der Waals surface area contributed by atoms with Crippen LogP contribution in [0.1, 0.15) is 26.3 Å². The minimum atomic E-state index is -3.89. The second kappa shape index (κ2) is 8.49. The molecule has 0 N–H and O–H groups in total. The number of benzene rings is 2. The number of rotatable bonds is 5. The third kappa shape index (κ3) is 4.43. The first-order valence-electron chi connectivity index (χ1n) is 9.76. The highest BCUT2D eigenvalue weighted by Crippen LogP contribution is 2.29. The Labute approximate surface area is 179 Å². The Kier molecular flexibility index (Phi) is 6.35. The molecular weight excluding hydrogens is 422 g/mol. The maximum Gasteiger partial charge on any atom is 0.283 e. The maximum absolute atomic E-state index is 13.2. The van der Waals surface area contributed by atoms with Crippen LogP contribution in [0.15, 0.2) is 68.8 Å². The third-order valence-electron chi connectivity index (χ3n) is 5.11. The Bertz CT molecular complexity index is 1130. The lowest BCUT2D eigenvalue weighted by molar-refractivity contribution is 0.211. The van der Waals surface area contributed by atoms with E-state index in [0.29, 0.717) is 6.54 Å². The zero-order chi connectivity index (χ0) is 22.1. The van der Waals surface area contributed by atoms with E-state index >= 15 is 0 Å². The van der Waals surface area contributed by atoms with Crippen LogP contribution < -0.4 is 0 Å². The molecule has 7 nitrogen and oxygen atoms in total. The van der Waals surface area contributed by atoms with E-state index < -0.39 is 26.2 Å². The smallest absolute Gasteiger partial charge is 0.283 e. The first-order valence-corrected chi connectivity index (χ1v) is 12.6. The number of hydrogen-bond donors (Lipinski definition) is 0. The van der Waals surface area contributed by atoms with Crippen LogP contribution in [0.4, 0.5) is 0 Å². The van der Waals surface area contributed by atoms with Crippen molar-refractivity contribution in [2.45, 2.75) is 43.7 Å². The second-order valence-electron chi connectivity index (χ2n) is 7.71. The molecular formula is C21H27N3O4S2. The average molecular weight is 450 g/mol. The molecule has 0 amide bonds. The Morgan fingerprint density at radius 2 is 1.53 bits per heavy atom. The summed E-state index contributed by atoms with van der Waals surface area (Å²) in [4.78, 5) is 2.09. The van der Waals surface area contributed by atoms with Crippen LogP contribution in [0, 0.1) is 12.8 Å². The monoisotopic (exact) mass is 449 g/mol. The molecule has 1 aliphatic rings. The average Bonchev–Trinajstić information content (AvgIpc) is 3.15. The molecule has 162 valence electrons. The molecule has 0 bridgehead atoms. The first kappa shape index (κ1) is 22.5. The molecule has 2 aromatic carbocycles. The van der Waals surface area contributed by atoms with Crippen LogP contribution in [0.5, 0.6) is 0 Å². The van der Waals surface area contributed by atoms with Gasteiger partial charge in [0, 0.05) is 13.1 Å². The van der Waals surface area contributed by atoms with E-state index in [1.165, 1.54) is 16.4 Å². The van der Waals surface area contributed by atoms with Crippen molar-refractivity contribution in [1.29, 1.82) is 0 Å². The van der Waals surface area contributed by atoms with Crippen molar-refractivity contribution in [3.05, 3.63) is 60.2 Å². The van der Waals surface area contributed by atoms with Gasteiger partial charge in [0.05, 0.1) is 16.0 Å². The molecule has 0 aromatic heterocycles. The van der Waals surface area contributed by atoms with Gasteiger partial charge in [-0.15, -0.1) is 4.40 Å². The summed E-state index contributed by atoms with van der Waals surface area (Å²) in [5, 5.41) is 0. The highest BCUT2D eigenvalue weighted by molar-refractivity contribution is 7.90. The maximum atomic E-state index is 13.2. The van der Waals surface area contributed by atoms with Gasteiger partial charge in [0.2, 0.25) is 10.0 Å². The van der Waals surface area contributed by atoms with Crippen molar-refractivity contribution in [3.63, 3.8) is 0 Å². The summed E-state index contributed by atoms with van der Waals surface area (Å²) in [6.45, 7) is 7.95. The van der Waals surface area contributed by atoms with Crippen LogP contribution in [0.25, 0.3) is 0 Å².